The Bertz CT molecular complexity index is 2970. The Hall–Kier alpha value is -7.38. The summed E-state index contributed by atoms with van der Waals surface area (Å²) in [5.74, 6) is -7.88. The molecule has 4 N–H and O–H groups in total. The zero-order valence-corrected chi connectivity index (χ0v) is 54.4. The first-order chi connectivity index (χ1) is 42.3. The van der Waals surface area contributed by atoms with Crippen molar-refractivity contribution in [2.45, 2.75) is 191 Å². The van der Waals surface area contributed by atoms with Crippen LogP contribution in [-0.4, -0.2) is 220 Å². The van der Waals surface area contributed by atoms with E-state index >= 15 is 9.59 Å². The third kappa shape index (κ3) is 17.4. The smallest absolute Gasteiger partial charge is 0.351 e. The summed E-state index contributed by atoms with van der Waals surface area (Å²) in [6.07, 6.45) is 2.91. The molecule has 23 nitrogen and oxygen atoms in total. The van der Waals surface area contributed by atoms with Crippen molar-refractivity contribution in [2.24, 2.45) is 11.8 Å². The maximum absolute atomic E-state index is 15.2. The van der Waals surface area contributed by atoms with Gasteiger partial charge in [-0.3, -0.25) is 57.7 Å². The molecule has 1 aromatic carbocycles. The van der Waals surface area contributed by atoms with Crippen molar-refractivity contribution in [3.8, 4) is 0 Å². The van der Waals surface area contributed by atoms with Gasteiger partial charge in [-0.1, -0.05) is 69.7 Å². The normalized spacial score (nSPS) is 26.8. The number of aromatic nitrogens is 1. The minimum atomic E-state index is -4.76. The molecule has 2 aliphatic carbocycles. The highest BCUT2D eigenvalue weighted by Gasteiger charge is 2.50. The minimum absolute atomic E-state index is 0.0431. The predicted octanol–water partition coefficient (Wildman–Crippen LogP) is 3.73. The second-order valence-electron chi connectivity index (χ2n) is 25.1. The number of alkyl halides is 3. The lowest BCUT2D eigenvalue weighted by atomic mass is 9.90. The van der Waals surface area contributed by atoms with E-state index in [-0.39, 0.29) is 57.4 Å². The second-order valence-corrected chi connectivity index (χ2v) is 25.5. The first kappa shape index (κ1) is 71.7. The fourth-order valence-corrected chi connectivity index (χ4v) is 12.8. The number of hydrogen-bond donors (Lipinski definition) is 4. The van der Waals surface area contributed by atoms with Crippen LogP contribution >= 0.6 is 11.6 Å². The van der Waals surface area contributed by atoms with Crippen molar-refractivity contribution < 1.29 is 65.9 Å². The fourth-order valence-electron chi connectivity index (χ4n) is 12.5. The van der Waals surface area contributed by atoms with Crippen LogP contribution in [0.3, 0.4) is 0 Å². The zero-order valence-electron chi connectivity index (χ0n) is 53.6. The van der Waals surface area contributed by atoms with Gasteiger partial charge in [-0.2, -0.15) is 13.2 Å². The lowest BCUT2D eigenvalue weighted by molar-refractivity contribution is -0.150. The number of likely N-dealkylation sites (N-methyl/N-ethyl adjacent to an activating group) is 6. The molecule has 496 valence electrons. The fraction of sp³-hybridized carbons (Fsp3) is 0.651. The molecule has 1 unspecified atom stereocenters. The summed E-state index contributed by atoms with van der Waals surface area (Å²) in [4.78, 5) is 172. The number of nitrogens with zero attached hydrogens (tertiary/aromatic N) is 8. The van der Waals surface area contributed by atoms with Crippen LogP contribution in [0.15, 0.2) is 42.7 Å². The van der Waals surface area contributed by atoms with Crippen LogP contribution in [-0.2, 0) is 71.8 Å². The number of carbonyl (C=O) groups excluding carboxylic acids is 11. The predicted molar refractivity (Wildman–Crippen MR) is 327 cm³/mol. The standard InChI is InChI=1S/C63H90ClF3N12O11/c1-12-37(2)52-60(89)74(7)35-50(81)73(6)36-51(82)77(10)48(33-42-19-17-29-68-34-42)59(88)76(9)40(5)54(83)70-46(26-24-41-23-25-44(45(64)32-41)63(65,66)67)58(87)79-30-18-22-47(79)56(85)72-62(27-15-16-28-62)61(90)78(11)53(43-20-13-14-21-43)57(86)69-38(3)31-49(80)75(8)39(4)55(84)71-52/h17,19,23,25,29,32,34,37-40,43,46-48,52-53H,12-16,18,20-22,24,26-28,30-31,33,35-36H2,1-11H3,(H,69,86)(H,70,83)(H,71,84)(H,72,85)/t37-,38+,39-,40+,46-,47?,48-,52-,53-/m0/s1. The Kier molecular flexibility index (Phi) is 24.8. The van der Waals surface area contributed by atoms with Gasteiger partial charge in [0.1, 0.15) is 47.8 Å². The number of fused-ring (bicyclic) bond motifs is 1. The van der Waals surface area contributed by atoms with Crippen molar-refractivity contribution in [3.05, 3.63) is 64.4 Å². The van der Waals surface area contributed by atoms with Crippen LogP contribution in [0, 0.1) is 11.8 Å². The maximum atomic E-state index is 15.2. The van der Waals surface area contributed by atoms with E-state index in [4.69, 9.17) is 11.6 Å². The molecule has 11 amide bonds. The highest BCUT2D eigenvalue weighted by molar-refractivity contribution is 6.31. The molecule has 2 saturated heterocycles. The maximum Gasteiger partial charge on any atom is 0.417 e. The molecule has 1 spiro atoms. The number of benzene rings is 1. The average Bonchev–Trinajstić information content (AvgIpc) is 1.55. The van der Waals surface area contributed by atoms with Crippen LogP contribution in [0.25, 0.3) is 0 Å². The first-order valence-corrected chi connectivity index (χ1v) is 31.5. The number of amides is 11. The molecule has 2 aliphatic heterocycles. The van der Waals surface area contributed by atoms with Crippen LogP contribution in [0.5, 0.6) is 0 Å². The van der Waals surface area contributed by atoms with Crippen molar-refractivity contribution in [1.29, 1.82) is 0 Å². The van der Waals surface area contributed by atoms with Gasteiger partial charge in [0.05, 0.1) is 23.7 Å². The van der Waals surface area contributed by atoms with Crippen LogP contribution in [0.2, 0.25) is 5.02 Å². The van der Waals surface area contributed by atoms with E-state index in [9.17, 15) is 56.3 Å². The summed E-state index contributed by atoms with van der Waals surface area (Å²) in [6.45, 7) is 7.02. The van der Waals surface area contributed by atoms with E-state index in [0.29, 0.717) is 49.7 Å². The van der Waals surface area contributed by atoms with Gasteiger partial charge in [0.15, 0.2) is 0 Å². The summed E-state index contributed by atoms with van der Waals surface area (Å²) in [7, 11) is 8.34. The lowest BCUT2D eigenvalue weighted by Gasteiger charge is -2.40. The Labute approximate surface area is 530 Å². The lowest BCUT2D eigenvalue weighted by Crippen LogP contribution is -2.64. The van der Waals surface area contributed by atoms with Gasteiger partial charge in [0.25, 0.3) is 0 Å². The van der Waals surface area contributed by atoms with E-state index in [1.54, 1.807) is 26.0 Å². The summed E-state index contributed by atoms with van der Waals surface area (Å²) < 4.78 is 41.4. The molecule has 4 fully saturated rings. The van der Waals surface area contributed by atoms with Crippen LogP contribution in [0.4, 0.5) is 13.2 Å². The first-order valence-electron chi connectivity index (χ1n) is 31.1. The second kappa shape index (κ2) is 31.1. The number of pyridine rings is 1. The van der Waals surface area contributed by atoms with E-state index in [1.807, 2.05) is 6.92 Å². The van der Waals surface area contributed by atoms with E-state index in [2.05, 4.69) is 26.3 Å². The monoisotopic (exact) mass is 1280 g/mol. The van der Waals surface area contributed by atoms with Gasteiger partial charge >= 0.3 is 6.18 Å². The molecule has 90 heavy (non-hydrogen) atoms. The molecule has 3 heterocycles. The number of nitrogens with one attached hydrogen (secondary N) is 4. The molecule has 4 aliphatic rings. The summed E-state index contributed by atoms with van der Waals surface area (Å²) >= 11 is 6.12. The largest absolute Gasteiger partial charge is 0.417 e. The van der Waals surface area contributed by atoms with Gasteiger partial charge < -0.3 is 55.6 Å². The van der Waals surface area contributed by atoms with Crippen molar-refractivity contribution in [2.75, 3.05) is 61.9 Å². The van der Waals surface area contributed by atoms with E-state index in [0.717, 1.165) is 44.6 Å². The molecular formula is C63H90ClF3N12O11. The quantitative estimate of drug-likeness (QED) is 0.295. The SMILES string of the molecule is CC[C@H](C)[C@@H]1NC(=O)[C@H](C)N(C)C(=O)C[C@@H](C)NC(=O)[C@H](C2CCCC2)N(C)C(=O)C2(CCCC2)NC(=O)C2CCCN2C(=O)[C@H](CCc2ccc(C(F)(F)F)c(Cl)c2)NC(=O)[C@@H](C)N(C)C(=O)[C@H](Cc2cccnc2)N(C)C(=O)CN(C)C(=O)CN(C)C1=O. The van der Waals surface area contributed by atoms with Gasteiger partial charge in [0, 0.05) is 80.1 Å². The average molecular weight is 1280 g/mol. The molecule has 0 radical (unpaired) electrons. The van der Waals surface area contributed by atoms with Gasteiger partial charge in [-0.25, -0.2) is 0 Å². The molecule has 2 saturated carbocycles. The topological polar surface area (TPSA) is 271 Å². The minimum Gasteiger partial charge on any atom is -0.351 e. The summed E-state index contributed by atoms with van der Waals surface area (Å²) in [6, 6.07) is -2.89. The van der Waals surface area contributed by atoms with Crippen LogP contribution in [0.1, 0.15) is 135 Å². The van der Waals surface area contributed by atoms with Gasteiger partial charge in [-0.15, -0.1) is 0 Å². The highest BCUT2D eigenvalue weighted by atomic mass is 35.5. The number of carbonyl (C=O) groups is 11. The number of halogens is 4. The van der Waals surface area contributed by atoms with Crippen molar-refractivity contribution >= 4 is 76.6 Å². The number of hydrogen-bond acceptors (Lipinski definition) is 12. The Morgan fingerprint density at radius 2 is 1.31 bits per heavy atom. The highest BCUT2D eigenvalue weighted by Crippen LogP contribution is 2.38. The van der Waals surface area contributed by atoms with Gasteiger partial charge in [0.2, 0.25) is 65.0 Å². The Balaban J connectivity index is 1.37. The zero-order chi connectivity index (χ0) is 66.7. The molecule has 0 bridgehead atoms. The Morgan fingerprint density at radius 1 is 0.678 bits per heavy atom. The summed E-state index contributed by atoms with van der Waals surface area (Å²) in [5.41, 5.74) is -1.75. The molecular weight excluding hydrogens is 1190 g/mol. The number of aryl methyl sites for hydroxylation is 1. The van der Waals surface area contributed by atoms with Crippen molar-refractivity contribution in [3.63, 3.8) is 0 Å². The molecule has 6 rings (SSSR count). The molecule has 2 aromatic rings. The number of rotatable bonds is 8. The Morgan fingerprint density at radius 3 is 1.92 bits per heavy atom. The molecule has 9 atom stereocenters. The summed E-state index contributed by atoms with van der Waals surface area (Å²) in [5, 5.41) is 10.9. The third-order valence-electron chi connectivity index (χ3n) is 18.7. The van der Waals surface area contributed by atoms with E-state index < -0.39 is 155 Å². The third-order valence-corrected chi connectivity index (χ3v) is 19.1. The molecule has 27 heteroatoms. The van der Waals surface area contributed by atoms with Gasteiger partial charge in [-0.05, 0) is 113 Å². The molecule has 1 aromatic heterocycles. The van der Waals surface area contributed by atoms with E-state index in [1.165, 1.54) is 89.3 Å². The van der Waals surface area contributed by atoms with Crippen LogP contribution < -0.4 is 21.3 Å². The van der Waals surface area contributed by atoms with Crippen molar-refractivity contribution in [1.82, 2.24) is 60.6 Å².